The first-order valence-corrected chi connectivity index (χ1v) is 40.5. The Labute approximate surface area is 556 Å². The van der Waals surface area contributed by atoms with Crippen molar-refractivity contribution in [3.05, 3.63) is 0 Å². The van der Waals surface area contributed by atoms with Crippen molar-refractivity contribution in [3.8, 4) is 0 Å². The van der Waals surface area contributed by atoms with Crippen molar-refractivity contribution in [1.29, 1.82) is 0 Å². The van der Waals surface area contributed by atoms with Gasteiger partial charge in [0, 0.05) is 25.7 Å². The number of carbonyl (C=O) groups excluding carboxylic acids is 4. The van der Waals surface area contributed by atoms with Gasteiger partial charge in [0.05, 0.1) is 26.4 Å². The second-order valence-electron chi connectivity index (χ2n) is 26.7. The molecule has 0 aromatic carbocycles. The summed E-state index contributed by atoms with van der Waals surface area (Å²) in [5.41, 5.74) is 0. The quantitative estimate of drug-likeness (QED) is 0.0222. The van der Waals surface area contributed by atoms with Crippen LogP contribution in [0, 0.1) is 11.8 Å². The van der Waals surface area contributed by atoms with Gasteiger partial charge in [0.1, 0.15) is 19.3 Å². The number of aliphatic hydroxyl groups is 1. The smallest absolute Gasteiger partial charge is 0.462 e. The van der Waals surface area contributed by atoms with Crippen molar-refractivity contribution in [2.24, 2.45) is 11.8 Å². The highest BCUT2D eigenvalue weighted by Crippen LogP contribution is 2.45. The maximum Gasteiger partial charge on any atom is 0.472 e. The first-order valence-electron chi connectivity index (χ1n) is 37.5. The van der Waals surface area contributed by atoms with Crippen molar-refractivity contribution in [3.63, 3.8) is 0 Å². The molecule has 0 fully saturated rings. The lowest BCUT2D eigenvalue weighted by atomic mass is 9.99. The largest absolute Gasteiger partial charge is 0.472 e. The summed E-state index contributed by atoms with van der Waals surface area (Å²) in [7, 11) is -9.90. The van der Waals surface area contributed by atoms with E-state index in [1.165, 1.54) is 180 Å². The third kappa shape index (κ3) is 65.1. The molecule has 0 heterocycles. The second-order valence-corrected chi connectivity index (χ2v) is 29.6. The number of aliphatic hydroxyl groups excluding tert-OH is 1. The first-order chi connectivity index (χ1) is 43.9. The van der Waals surface area contributed by atoms with E-state index >= 15 is 0 Å². The Morgan fingerprint density at radius 3 is 0.835 bits per heavy atom. The number of ether oxygens (including phenoxy) is 4. The molecule has 17 nitrogen and oxygen atoms in total. The summed E-state index contributed by atoms with van der Waals surface area (Å²) < 4.78 is 68.2. The molecule has 0 amide bonds. The molecule has 0 rings (SSSR count). The summed E-state index contributed by atoms with van der Waals surface area (Å²) in [6.07, 6.45) is 50.2. The van der Waals surface area contributed by atoms with Gasteiger partial charge in [0.15, 0.2) is 12.2 Å². The Bertz CT molecular complexity index is 1770. The van der Waals surface area contributed by atoms with Gasteiger partial charge >= 0.3 is 39.5 Å². The molecule has 0 aliphatic heterocycles. The molecule has 19 heteroatoms. The van der Waals surface area contributed by atoms with Crippen LogP contribution in [0.15, 0.2) is 0 Å². The molecule has 0 saturated carbocycles. The van der Waals surface area contributed by atoms with E-state index < -0.39 is 97.5 Å². The predicted molar refractivity (Wildman–Crippen MR) is 368 cm³/mol. The van der Waals surface area contributed by atoms with Crippen molar-refractivity contribution in [2.45, 2.75) is 387 Å². The van der Waals surface area contributed by atoms with Crippen molar-refractivity contribution in [2.75, 3.05) is 39.6 Å². The van der Waals surface area contributed by atoms with E-state index in [4.69, 9.17) is 37.0 Å². The summed E-state index contributed by atoms with van der Waals surface area (Å²) >= 11 is 0. The maximum absolute atomic E-state index is 13.0. The van der Waals surface area contributed by atoms with E-state index in [0.717, 1.165) is 102 Å². The van der Waals surface area contributed by atoms with E-state index in [1.807, 2.05) is 0 Å². The summed E-state index contributed by atoms with van der Waals surface area (Å²) in [4.78, 5) is 72.4. The average molecular weight is 1340 g/mol. The number of esters is 4. The highest BCUT2D eigenvalue weighted by atomic mass is 31.2. The SMILES string of the molecule is CCCCCCCCCCCCC(=O)OC[C@H](COP(=O)(O)OC[C@@H](O)COP(=O)(O)OC[C@@H](COC(=O)CCCCCCCCC(C)C)OC(=O)CCCCCCCCCCCC)OC(=O)CCCCCCCCCCCCCCCCCCCCC(C)CC. The molecule has 0 radical (unpaired) electrons. The standard InChI is InChI=1S/C72H140O17P2/c1-7-10-12-14-16-18-31-35-42-48-54-69(74)82-60-67(88-72(77)57-51-45-37-33-29-27-25-23-21-20-22-24-26-28-30-34-41-47-53-65(6)9-3)62-86-90(78,79)84-58-66(73)59-85-91(80,81)87-63-68(61-83-70(75)55-49-43-39-38-40-46-52-64(4)5)89-71(76)56-50-44-36-32-19-17-15-13-11-8-2/h64-68,73H,7-63H2,1-6H3,(H,78,79)(H,80,81)/t65?,66-,67-,68-/m1/s1. The molecule has 0 saturated heterocycles. The molecule has 0 aliphatic rings. The minimum Gasteiger partial charge on any atom is -0.462 e. The van der Waals surface area contributed by atoms with Crippen molar-refractivity contribution < 1.29 is 80.2 Å². The van der Waals surface area contributed by atoms with Gasteiger partial charge in [-0.1, -0.05) is 318 Å². The van der Waals surface area contributed by atoms with Gasteiger partial charge in [-0.05, 0) is 37.5 Å². The second kappa shape index (κ2) is 64.1. The average Bonchev–Trinajstić information content (AvgIpc) is 2.81. The van der Waals surface area contributed by atoms with Crippen LogP contribution in [0.3, 0.4) is 0 Å². The highest BCUT2D eigenvalue weighted by molar-refractivity contribution is 7.47. The fourth-order valence-electron chi connectivity index (χ4n) is 10.9. The molecule has 0 aliphatic carbocycles. The van der Waals surface area contributed by atoms with Crippen LogP contribution in [0.4, 0.5) is 0 Å². The third-order valence-electron chi connectivity index (χ3n) is 17.1. The Hall–Kier alpha value is -1.94. The van der Waals surface area contributed by atoms with Gasteiger partial charge in [-0.15, -0.1) is 0 Å². The molecular formula is C72H140O17P2. The van der Waals surface area contributed by atoms with Crippen LogP contribution in [0.25, 0.3) is 0 Å². The lowest BCUT2D eigenvalue weighted by molar-refractivity contribution is -0.161. The molecule has 3 unspecified atom stereocenters. The first kappa shape index (κ1) is 89.1. The maximum atomic E-state index is 13.0. The summed E-state index contributed by atoms with van der Waals surface area (Å²) in [6.45, 7) is 9.52. The van der Waals surface area contributed by atoms with Crippen molar-refractivity contribution in [1.82, 2.24) is 0 Å². The molecule has 3 N–H and O–H groups in total. The zero-order chi connectivity index (χ0) is 67.2. The predicted octanol–water partition coefficient (Wildman–Crippen LogP) is 20.8. The fourth-order valence-corrected chi connectivity index (χ4v) is 12.5. The Morgan fingerprint density at radius 1 is 0.319 bits per heavy atom. The van der Waals surface area contributed by atoms with Crippen LogP contribution in [-0.2, 0) is 65.4 Å². The molecule has 0 spiro atoms. The zero-order valence-electron chi connectivity index (χ0n) is 59.1. The monoisotopic (exact) mass is 1340 g/mol. The van der Waals surface area contributed by atoms with Crippen LogP contribution < -0.4 is 0 Å². The number of phosphoric acid groups is 2. The van der Waals surface area contributed by atoms with E-state index in [0.29, 0.717) is 31.6 Å². The number of rotatable bonds is 71. The van der Waals surface area contributed by atoms with Gasteiger partial charge in [-0.2, -0.15) is 0 Å². The van der Waals surface area contributed by atoms with Gasteiger partial charge in [-0.3, -0.25) is 37.3 Å². The summed E-state index contributed by atoms with van der Waals surface area (Å²) in [6, 6.07) is 0. The lowest BCUT2D eigenvalue weighted by Crippen LogP contribution is -2.30. The molecule has 0 aromatic rings. The summed E-state index contributed by atoms with van der Waals surface area (Å²) in [5.74, 6) is -0.574. The topological polar surface area (TPSA) is 237 Å². The van der Waals surface area contributed by atoms with Gasteiger partial charge in [0.2, 0.25) is 0 Å². The van der Waals surface area contributed by atoms with Gasteiger partial charge in [-0.25, -0.2) is 9.13 Å². The highest BCUT2D eigenvalue weighted by Gasteiger charge is 2.30. The molecular weight excluding hydrogens is 1200 g/mol. The van der Waals surface area contributed by atoms with Crippen LogP contribution in [0.5, 0.6) is 0 Å². The van der Waals surface area contributed by atoms with E-state index in [-0.39, 0.29) is 25.7 Å². The zero-order valence-corrected chi connectivity index (χ0v) is 60.9. The molecule has 0 aromatic heterocycles. The minimum atomic E-state index is -4.95. The number of hydrogen-bond donors (Lipinski definition) is 3. The molecule has 0 bridgehead atoms. The van der Waals surface area contributed by atoms with Crippen LogP contribution in [0.1, 0.15) is 369 Å². The van der Waals surface area contributed by atoms with Gasteiger partial charge < -0.3 is 33.8 Å². The van der Waals surface area contributed by atoms with Crippen LogP contribution in [0.2, 0.25) is 0 Å². The number of hydrogen-bond acceptors (Lipinski definition) is 15. The Balaban J connectivity index is 5.12. The number of unbranched alkanes of at least 4 members (excludes halogenated alkanes) is 40. The van der Waals surface area contributed by atoms with E-state index in [1.54, 1.807) is 0 Å². The van der Waals surface area contributed by atoms with Crippen LogP contribution >= 0.6 is 15.6 Å². The minimum absolute atomic E-state index is 0.105. The Kier molecular flexibility index (Phi) is 62.7. The van der Waals surface area contributed by atoms with E-state index in [9.17, 15) is 43.2 Å². The van der Waals surface area contributed by atoms with Crippen molar-refractivity contribution >= 4 is 39.5 Å². The normalized spacial score (nSPS) is 14.4. The van der Waals surface area contributed by atoms with Gasteiger partial charge in [0.25, 0.3) is 0 Å². The number of carbonyl (C=O) groups is 4. The van der Waals surface area contributed by atoms with E-state index in [2.05, 4.69) is 41.5 Å². The molecule has 6 atom stereocenters. The molecule has 540 valence electrons. The number of phosphoric ester groups is 2. The summed E-state index contributed by atoms with van der Waals surface area (Å²) in [5, 5.41) is 10.6. The molecule has 91 heavy (non-hydrogen) atoms. The third-order valence-corrected chi connectivity index (χ3v) is 19.0. The van der Waals surface area contributed by atoms with Crippen LogP contribution in [-0.4, -0.2) is 96.7 Å². The Morgan fingerprint density at radius 2 is 0.560 bits per heavy atom. The fraction of sp³-hybridized carbons (Fsp3) is 0.944. The lowest BCUT2D eigenvalue weighted by Gasteiger charge is -2.21.